The zero-order chi connectivity index (χ0) is 6.81. The van der Waals surface area contributed by atoms with Gasteiger partial charge in [0.15, 0.2) is 0 Å². The van der Waals surface area contributed by atoms with Crippen LogP contribution in [0.3, 0.4) is 0 Å². The van der Waals surface area contributed by atoms with Crippen LogP contribution in [0.2, 0.25) is 0 Å². The molecular formula is C6H4Te4. The van der Waals surface area contributed by atoms with Crippen LogP contribution in [-0.2, 0) is 0 Å². The van der Waals surface area contributed by atoms with Gasteiger partial charge in [0.25, 0.3) is 0 Å². The zero-order valence-electron chi connectivity index (χ0n) is 4.94. The molecule has 10 heavy (non-hydrogen) atoms. The van der Waals surface area contributed by atoms with Crippen molar-refractivity contribution in [2.45, 2.75) is 0 Å². The van der Waals surface area contributed by atoms with Crippen LogP contribution in [0.1, 0.15) is 0 Å². The summed E-state index contributed by atoms with van der Waals surface area (Å²) in [7, 11) is 0. The third-order valence-electron chi connectivity index (χ3n) is 1.15. The zero-order valence-corrected chi connectivity index (χ0v) is 14.3. The molecule has 1 saturated heterocycles. The maximum atomic E-state index is 2.33. The Labute approximate surface area is 89.8 Å². The van der Waals surface area contributed by atoms with Crippen molar-refractivity contribution in [3.8, 4) is 0 Å². The fraction of sp³-hybridized carbons (Fsp3) is 0. The minimum atomic E-state index is 0.523. The standard InChI is InChI=1S/C6H4Te4/c1-2-4-5(3-1)6-7-9-10-8-6/h1-4H. The summed E-state index contributed by atoms with van der Waals surface area (Å²) in [6, 6.07) is 0. The van der Waals surface area contributed by atoms with E-state index in [1.165, 1.54) is 0 Å². The van der Waals surface area contributed by atoms with Crippen molar-refractivity contribution < 1.29 is 0 Å². The molecule has 1 aliphatic carbocycles. The summed E-state index contributed by atoms with van der Waals surface area (Å²) >= 11 is 2.49. The van der Waals surface area contributed by atoms with Gasteiger partial charge in [0.05, 0.1) is 0 Å². The summed E-state index contributed by atoms with van der Waals surface area (Å²) in [5.41, 5.74) is 1.66. The Bertz CT molecular complexity index is 204. The second-order valence-corrected chi connectivity index (χ2v) is 54.9. The van der Waals surface area contributed by atoms with E-state index in [0.717, 1.165) is 26.4 Å². The van der Waals surface area contributed by atoms with Crippen molar-refractivity contribution in [1.29, 1.82) is 0 Å². The van der Waals surface area contributed by atoms with Crippen molar-refractivity contribution >= 4 is 60.5 Å². The van der Waals surface area contributed by atoms with E-state index in [2.05, 4.69) is 24.3 Å². The molecule has 0 unspecified atom stereocenters. The van der Waals surface area contributed by atoms with E-state index in [1.807, 2.05) is 1.67 Å². The van der Waals surface area contributed by atoms with Crippen LogP contribution >= 0.6 is 0 Å². The molecule has 1 heterocycles. The number of hydrogen-bond acceptors (Lipinski definition) is 0. The summed E-state index contributed by atoms with van der Waals surface area (Å²) < 4.78 is 2.05. The molecule has 0 atom stereocenters. The average Bonchev–Trinajstić information content (AvgIpc) is 2.59. The van der Waals surface area contributed by atoms with Gasteiger partial charge in [-0.2, -0.15) is 0 Å². The van der Waals surface area contributed by atoms with Crippen LogP contribution in [-0.4, -0.2) is 60.5 Å². The Morgan fingerprint density at radius 1 is 0.900 bits per heavy atom. The molecule has 0 aromatic carbocycles. The summed E-state index contributed by atoms with van der Waals surface area (Å²) in [5, 5.41) is 0. The topological polar surface area (TPSA) is 0 Å². The molecule has 0 nitrogen and oxygen atoms in total. The Hall–Kier alpha value is 2.38. The van der Waals surface area contributed by atoms with Gasteiger partial charge in [0, 0.05) is 0 Å². The molecule has 0 aromatic heterocycles. The fourth-order valence-corrected chi connectivity index (χ4v) is 157. The van der Waals surface area contributed by atoms with Gasteiger partial charge in [0.1, 0.15) is 0 Å². The Balaban J connectivity index is 2.26. The summed E-state index contributed by atoms with van der Waals surface area (Å²) in [6.07, 6.45) is 9.05. The Morgan fingerprint density at radius 3 is 2.10 bits per heavy atom. The quantitative estimate of drug-likeness (QED) is 0.348. The first kappa shape index (κ1) is 8.95. The van der Waals surface area contributed by atoms with E-state index in [1.54, 1.807) is 5.57 Å². The van der Waals surface area contributed by atoms with Crippen LogP contribution in [0.15, 0.2) is 31.5 Å². The molecule has 0 amide bonds. The normalized spacial score (nSPS) is 23.2. The SMILES string of the molecule is C1=CC(=C2[Te][Te][Te][Te]2)C=C1. The average molecular weight is 586 g/mol. The van der Waals surface area contributed by atoms with E-state index in [0.29, 0.717) is 34.1 Å². The first-order valence-corrected chi connectivity index (χ1v) is 27.1. The maximum absolute atomic E-state index is 2.33. The van der Waals surface area contributed by atoms with Gasteiger partial charge >= 0.3 is 92.0 Å². The molecule has 0 radical (unpaired) electrons. The van der Waals surface area contributed by atoms with Crippen molar-refractivity contribution in [1.82, 2.24) is 0 Å². The van der Waals surface area contributed by atoms with E-state index < -0.39 is 0 Å². The molecule has 2 aliphatic rings. The molecule has 0 aromatic rings. The number of rotatable bonds is 0. The molecule has 0 spiro atoms. The molecular weight excluding hydrogens is 582 g/mol. The first-order valence-electron chi connectivity index (χ1n) is 2.74. The van der Waals surface area contributed by atoms with Crippen molar-refractivity contribution in [2.75, 3.05) is 0 Å². The van der Waals surface area contributed by atoms with Gasteiger partial charge in [-0.25, -0.2) is 0 Å². The van der Waals surface area contributed by atoms with Gasteiger partial charge < -0.3 is 0 Å². The van der Waals surface area contributed by atoms with E-state index >= 15 is 0 Å². The molecule has 0 saturated carbocycles. The van der Waals surface area contributed by atoms with Gasteiger partial charge in [0.2, 0.25) is 0 Å². The molecule has 1 aliphatic heterocycles. The molecule has 52 valence electrons. The predicted octanol–water partition coefficient (Wildman–Crippen LogP) is -0.101. The van der Waals surface area contributed by atoms with Crippen LogP contribution in [0.4, 0.5) is 0 Å². The van der Waals surface area contributed by atoms with E-state index in [4.69, 9.17) is 0 Å². The monoisotopic (exact) mass is 596 g/mol. The van der Waals surface area contributed by atoms with Crippen molar-refractivity contribution in [3.05, 3.63) is 31.5 Å². The van der Waals surface area contributed by atoms with Crippen LogP contribution < -0.4 is 0 Å². The molecule has 0 bridgehead atoms. The fourth-order valence-electron chi connectivity index (χ4n) is 0.710. The summed E-state index contributed by atoms with van der Waals surface area (Å²) in [5.74, 6) is 0. The van der Waals surface area contributed by atoms with Crippen molar-refractivity contribution in [3.63, 3.8) is 0 Å². The summed E-state index contributed by atoms with van der Waals surface area (Å²) in [6.45, 7) is 0. The minimum absolute atomic E-state index is 0.523. The van der Waals surface area contributed by atoms with Gasteiger partial charge in [-0.3, -0.25) is 0 Å². The second-order valence-electron chi connectivity index (χ2n) is 1.76. The van der Waals surface area contributed by atoms with Gasteiger partial charge in [-0.1, -0.05) is 0 Å². The second kappa shape index (κ2) is 4.57. The van der Waals surface area contributed by atoms with Gasteiger partial charge in [-0.15, -0.1) is 0 Å². The molecule has 1 fully saturated rings. The van der Waals surface area contributed by atoms with Crippen LogP contribution in [0, 0.1) is 0 Å². The Morgan fingerprint density at radius 2 is 1.50 bits per heavy atom. The first-order chi connectivity index (χ1) is 4.97. The third kappa shape index (κ3) is 2.20. The number of allylic oxidation sites excluding steroid dienone is 5. The summed E-state index contributed by atoms with van der Waals surface area (Å²) in [4.78, 5) is 0. The Kier molecular flexibility index (Phi) is 4.09. The van der Waals surface area contributed by atoms with E-state index in [-0.39, 0.29) is 0 Å². The predicted molar refractivity (Wildman–Crippen MR) is 48.3 cm³/mol. The van der Waals surface area contributed by atoms with Crippen LogP contribution in [0.25, 0.3) is 0 Å². The van der Waals surface area contributed by atoms with Crippen LogP contribution in [0.5, 0.6) is 0 Å². The van der Waals surface area contributed by atoms with Crippen molar-refractivity contribution in [2.24, 2.45) is 0 Å². The molecule has 0 N–H and O–H groups in total. The van der Waals surface area contributed by atoms with E-state index in [9.17, 15) is 0 Å². The number of hydrogen-bond donors (Lipinski definition) is 0. The third-order valence-corrected chi connectivity index (χ3v) is 103. The molecule has 2 rings (SSSR count). The molecule has 4 heteroatoms. The van der Waals surface area contributed by atoms with Gasteiger partial charge in [-0.05, 0) is 0 Å².